The number of ether oxygens (including phenoxy) is 1. The van der Waals surface area contributed by atoms with Crippen LogP contribution in [-0.2, 0) is 10.2 Å². The highest BCUT2D eigenvalue weighted by Crippen LogP contribution is 2.34. The Bertz CT molecular complexity index is 461. The van der Waals surface area contributed by atoms with Gasteiger partial charge in [0.05, 0.1) is 6.61 Å². The Balaban J connectivity index is 3.06. The van der Waals surface area contributed by atoms with Crippen LogP contribution in [0, 0.1) is 13.8 Å². The van der Waals surface area contributed by atoms with Crippen LogP contribution in [0.3, 0.4) is 0 Å². The number of aryl methyl sites for hydroxylation is 2. The molecule has 1 rings (SSSR count). The quantitative estimate of drug-likeness (QED) is 0.849. The van der Waals surface area contributed by atoms with Gasteiger partial charge in [-0.25, -0.2) is 0 Å². The molecule has 3 heteroatoms. The first-order valence-corrected chi connectivity index (χ1v) is 6.74. The molecule has 3 nitrogen and oxygen atoms in total. The highest BCUT2D eigenvalue weighted by atomic mass is 16.5. The summed E-state index contributed by atoms with van der Waals surface area (Å²) in [7, 11) is 0. The molecule has 1 aromatic carbocycles. The minimum Gasteiger partial charge on any atom is -0.494 e. The third kappa shape index (κ3) is 3.98. The van der Waals surface area contributed by atoms with Gasteiger partial charge in [0.2, 0.25) is 0 Å². The molecular weight excluding hydrogens is 240 g/mol. The van der Waals surface area contributed by atoms with E-state index in [1.807, 2.05) is 13.8 Å². The van der Waals surface area contributed by atoms with Gasteiger partial charge >= 0.3 is 5.97 Å². The number of benzene rings is 1. The molecule has 0 spiro atoms. The summed E-state index contributed by atoms with van der Waals surface area (Å²) in [6.45, 7) is 10.9. The van der Waals surface area contributed by atoms with Crippen molar-refractivity contribution in [2.45, 2.75) is 52.9 Å². The van der Waals surface area contributed by atoms with Crippen LogP contribution < -0.4 is 4.74 Å². The smallest absolute Gasteiger partial charge is 0.303 e. The van der Waals surface area contributed by atoms with Gasteiger partial charge in [0.15, 0.2) is 0 Å². The molecule has 1 N–H and O–H groups in total. The first kappa shape index (κ1) is 15.5. The van der Waals surface area contributed by atoms with Gasteiger partial charge in [-0.3, -0.25) is 4.79 Å². The fourth-order valence-electron chi connectivity index (χ4n) is 2.38. The molecule has 0 aliphatic rings. The van der Waals surface area contributed by atoms with Gasteiger partial charge in [-0.1, -0.05) is 19.9 Å². The topological polar surface area (TPSA) is 46.5 Å². The van der Waals surface area contributed by atoms with Crippen LogP contribution in [0.1, 0.15) is 50.3 Å². The molecule has 0 saturated carbocycles. The van der Waals surface area contributed by atoms with E-state index in [4.69, 9.17) is 9.84 Å². The lowest BCUT2D eigenvalue weighted by Gasteiger charge is -2.27. The number of carboxylic acids is 1. The van der Waals surface area contributed by atoms with Crippen LogP contribution >= 0.6 is 0 Å². The molecule has 1 aromatic rings. The third-order valence-corrected chi connectivity index (χ3v) is 3.51. The van der Waals surface area contributed by atoms with Crippen LogP contribution in [-0.4, -0.2) is 17.7 Å². The highest BCUT2D eigenvalue weighted by molar-refractivity contribution is 5.66. The molecule has 0 atom stereocenters. The standard InChI is InChI=1S/C16H24O3/c1-6-19-14-10-11(2)13(9-12(14)3)16(4,5)8-7-15(17)18/h9-10H,6-8H2,1-5H3,(H,17,18). The number of hydrogen-bond donors (Lipinski definition) is 1. The Morgan fingerprint density at radius 1 is 1.26 bits per heavy atom. The molecule has 0 aliphatic carbocycles. The molecule has 0 amide bonds. The number of carbonyl (C=O) groups is 1. The summed E-state index contributed by atoms with van der Waals surface area (Å²) in [6, 6.07) is 4.18. The predicted molar refractivity (Wildman–Crippen MR) is 77.0 cm³/mol. The number of hydrogen-bond acceptors (Lipinski definition) is 2. The lowest BCUT2D eigenvalue weighted by molar-refractivity contribution is -0.137. The van der Waals surface area contributed by atoms with Gasteiger partial charge in [0.1, 0.15) is 5.75 Å². The lowest BCUT2D eigenvalue weighted by atomic mass is 9.78. The van der Waals surface area contributed by atoms with Crippen LogP contribution in [0.5, 0.6) is 5.75 Å². The molecule has 0 fully saturated rings. The maximum atomic E-state index is 10.7. The van der Waals surface area contributed by atoms with Crippen molar-refractivity contribution in [2.75, 3.05) is 6.61 Å². The van der Waals surface area contributed by atoms with Gasteiger partial charge in [0.25, 0.3) is 0 Å². The summed E-state index contributed by atoms with van der Waals surface area (Å²) in [5.74, 6) is 0.172. The number of aliphatic carboxylic acids is 1. The summed E-state index contributed by atoms with van der Waals surface area (Å²) in [4.78, 5) is 10.7. The SMILES string of the molecule is CCOc1cc(C)c(C(C)(C)CCC(=O)O)cc1C. The minimum absolute atomic E-state index is 0.141. The largest absolute Gasteiger partial charge is 0.494 e. The highest BCUT2D eigenvalue weighted by Gasteiger charge is 2.24. The van der Waals surface area contributed by atoms with Crippen molar-refractivity contribution in [3.05, 3.63) is 28.8 Å². The van der Waals surface area contributed by atoms with Crippen molar-refractivity contribution >= 4 is 5.97 Å². The van der Waals surface area contributed by atoms with E-state index in [9.17, 15) is 4.79 Å². The van der Waals surface area contributed by atoms with Crippen LogP contribution in [0.25, 0.3) is 0 Å². The maximum absolute atomic E-state index is 10.7. The van der Waals surface area contributed by atoms with Crippen molar-refractivity contribution in [3.8, 4) is 5.75 Å². The van der Waals surface area contributed by atoms with E-state index in [0.29, 0.717) is 13.0 Å². The summed E-state index contributed by atoms with van der Waals surface area (Å²) < 4.78 is 5.59. The van der Waals surface area contributed by atoms with Crippen molar-refractivity contribution < 1.29 is 14.6 Å². The summed E-state index contributed by atoms with van der Waals surface area (Å²) in [6.07, 6.45) is 0.829. The summed E-state index contributed by atoms with van der Waals surface area (Å²) in [5, 5.41) is 8.84. The Morgan fingerprint density at radius 3 is 2.42 bits per heavy atom. The summed E-state index contributed by atoms with van der Waals surface area (Å²) in [5.41, 5.74) is 3.32. The Morgan fingerprint density at radius 2 is 1.89 bits per heavy atom. The molecule has 0 unspecified atom stereocenters. The summed E-state index contributed by atoms with van der Waals surface area (Å²) >= 11 is 0. The van der Waals surface area contributed by atoms with Crippen molar-refractivity contribution in [2.24, 2.45) is 0 Å². The second-order valence-corrected chi connectivity index (χ2v) is 5.64. The van der Waals surface area contributed by atoms with E-state index in [-0.39, 0.29) is 11.8 Å². The van der Waals surface area contributed by atoms with Crippen LogP contribution in [0.4, 0.5) is 0 Å². The van der Waals surface area contributed by atoms with Gasteiger partial charge in [-0.05, 0) is 55.4 Å². The van der Waals surface area contributed by atoms with Gasteiger partial charge in [0, 0.05) is 6.42 Å². The van der Waals surface area contributed by atoms with E-state index < -0.39 is 5.97 Å². The predicted octanol–water partition coefficient (Wildman–Crippen LogP) is 3.84. The van der Waals surface area contributed by atoms with Gasteiger partial charge < -0.3 is 9.84 Å². The molecule has 106 valence electrons. The molecular formula is C16H24O3. The van der Waals surface area contributed by atoms with E-state index in [1.54, 1.807) is 0 Å². The normalized spacial score (nSPS) is 11.4. The third-order valence-electron chi connectivity index (χ3n) is 3.51. The molecule has 0 aromatic heterocycles. The van der Waals surface area contributed by atoms with E-state index in [1.165, 1.54) is 5.56 Å². The first-order chi connectivity index (χ1) is 8.77. The molecule has 0 aliphatic heterocycles. The molecule has 0 heterocycles. The monoisotopic (exact) mass is 264 g/mol. The van der Waals surface area contributed by atoms with E-state index in [2.05, 4.69) is 32.9 Å². The van der Waals surface area contributed by atoms with Crippen LogP contribution in [0.15, 0.2) is 12.1 Å². The number of rotatable bonds is 6. The molecule has 19 heavy (non-hydrogen) atoms. The molecule has 0 bridgehead atoms. The first-order valence-electron chi connectivity index (χ1n) is 6.74. The van der Waals surface area contributed by atoms with E-state index >= 15 is 0 Å². The average Bonchev–Trinajstić information content (AvgIpc) is 2.31. The van der Waals surface area contributed by atoms with Crippen LogP contribution in [0.2, 0.25) is 0 Å². The van der Waals surface area contributed by atoms with Gasteiger partial charge in [-0.2, -0.15) is 0 Å². The fourth-order valence-corrected chi connectivity index (χ4v) is 2.38. The minimum atomic E-state index is -0.742. The Kier molecular flexibility index (Phi) is 4.98. The van der Waals surface area contributed by atoms with Crippen molar-refractivity contribution in [1.29, 1.82) is 0 Å². The Hall–Kier alpha value is -1.51. The average molecular weight is 264 g/mol. The second-order valence-electron chi connectivity index (χ2n) is 5.64. The lowest BCUT2D eigenvalue weighted by Crippen LogP contribution is -2.20. The van der Waals surface area contributed by atoms with E-state index in [0.717, 1.165) is 16.9 Å². The maximum Gasteiger partial charge on any atom is 0.303 e. The zero-order valence-electron chi connectivity index (χ0n) is 12.5. The molecule has 0 radical (unpaired) electrons. The van der Waals surface area contributed by atoms with Gasteiger partial charge in [-0.15, -0.1) is 0 Å². The van der Waals surface area contributed by atoms with Crippen molar-refractivity contribution in [1.82, 2.24) is 0 Å². The van der Waals surface area contributed by atoms with Crippen molar-refractivity contribution in [3.63, 3.8) is 0 Å². The molecule has 0 saturated heterocycles. The zero-order chi connectivity index (χ0) is 14.6. The zero-order valence-corrected chi connectivity index (χ0v) is 12.5. The Labute approximate surface area is 115 Å². The fraction of sp³-hybridized carbons (Fsp3) is 0.562. The second kappa shape index (κ2) is 6.09. The number of carboxylic acid groups (broad SMARTS) is 1.